The highest BCUT2D eigenvalue weighted by molar-refractivity contribution is 8.15. The molecule has 0 radical (unpaired) electrons. The first-order chi connectivity index (χ1) is 12.0. The number of hydrogen-bond donors (Lipinski definition) is 2. The van der Waals surface area contributed by atoms with E-state index in [1.807, 2.05) is 38.1 Å². The number of furan rings is 1. The van der Waals surface area contributed by atoms with E-state index in [0.29, 0.717) is 11.7 Å². The average Bonchev–Trinajstić information content (AvgIpc) is 3.19. The minimum atomic E-state index is -0.473. The van der Waals surface area contributed by atoms with Gasteiger partial charge < -0.3 is 15.1 Å². The molecule has 0 spiro atoms. The Morgan fingerprint density at radius 3 is 2.72 bits per heavy atom. The standard InChI is InChI=1S/C18H19N3O3S/c1-11-5-3-6-12(2)16(11)20-15(22)9-14-17(23)21-18(25-14)19-10-13-7-4-8-24-13/h3-8,14H,9-10H2,1-2H3,(H,20,22)(H,19,21,23). The van der Waals surface area contributed by atoms with Gasteiger partial charge in [-0.3, -0.25) is 14.6 Å². The van der Waals surface area contributed by atoms with Crippen molar-refractivity contribution in [2.75, 3.05) is 5.32 Å². The second-order valence-electron chi connectivity index (χ2n) is 5.82. The van der Waals surface area contributed by atoms with Crippen LogP contribution in [-0.2, 0) is 16.1 Å². The third-order valence-electron chi connectivity index (χ3n) is 3.85. The van der Waals surface area contributed by atoms with E-state index in [1.54, 1.807) is 12.3 Å². The number of para-hydroxylation sites is 1. The monoisotopic (exact) mass is 357 g/mol. The van der Waals surface area contributed by atoms with Crippen LogP contribution in [0.3, 0.4) is 0 Å². The van der Waals surface area contributed by atoms with Crippen molar-refractivity contribution in [1.82, 2.24) is 5.32 Å². The fourth-order valence-electron chi connectivity index (χ4n) is 2.54. The number of amidine groups is 1. The summed E-state index contributed by atoms with van der Waals surface area (Å²) in [6.45, 7) is 4.25. The van der Waals surface area contributed by atoms with E-state index in [-0.39, 0.29) is 18.2 Å². The summed E-state index contributed by atoms with van der Waals surface area (Å²) >= 11 is 1.27. The maximum Gasteiger partial charge on any atom is 0.240 e. The summed E-state index contributed by atoms with van der Waals surface area (Å²) in [6, 6.07) is 9.44. The molecule has 1 aromatic carbocycles. The van der Waals surface area contributed by atoms with Crippen LogP contribution in [0.25, 0.3) is 0 Å². The maximum atomic E-state index is 12.3. The molecule has 2 N–H and O–H groups in total. The van der Waals surface area contributed by atoms with Crippen molar-refractivity contribution < 1.29 is 14.0 Å². The normalized spacial score (nSPS) is 18.4. The number of anilines is 1. The Morgan fingerprint density at radius 2 is 2.04 bits per heavy atom. The topological polar surface area (TPSA) is 83.7 Å². The number of carbonyl (C=O) groups is 2. The molecule has 6 nitrogen and oxygen atoms in total. The van der Waals surface area contributed by atoms with Crippen molar-refractivity contribution in [2.24, 2.45) is 4.99 Å². The van der Waals surface area contributed by atoms with Gasteiger partial charge in [0.15, 0.2) is 5.17 Å². The molecule has 1 aromatic heterocycles. The number of nitrogens with one attached hydrogen (secondary N) is 2. The highest BCUT2D eigenvalue weighted by Gasteiger charge is 2.32. The van der Waals surface area contributed by atoms with Crippen LogP contribution in [0.15, 0.2) is 46.0 Å². The van der Waals surface area contributed by atoms with Gasteiger partial charge in [-0.15, -0.1) is 0 Å². The lowest BCUT2D eigenvalue weighted by Gasteiger charge is -2.12. The van der Waals surface area contributed by atoms with Gasteiger partial charge >= 0.3 is 0 Å². The number of aryl methyl sites for hydroxylation is 2. The van der Waals surface area contributed by atoms with E-state index in [2.05, 4.69) is 15.6 Å². The number of amides is 2. The summed E-state index contributed by atoms with van der Waals surface area (Å²) in [5.41, 5.74) is 2.80. The number of benzene rings is 1. The van der Waals surface area contributed by atoms with Crippen LogP contribution in [0.5, 0.6) is 0 Å². The molecular formula is C18H19N3O3S. The van der Waals surface area contributed by atoms with E-state index in [4.69, 9.17) is 4.42 Å². The Labute approximate surface area is 150 Å². The minimum Gasteiger partial charge on any atom is -0.467 e. The van der Waals surface area contributed by atoms with Gasteiger partial charge in [0.25, 0.3) is 0 Å². The number of thioether (sulfide) groups is 1. The van der Waals surface area contributed by atoms with Crippen molar-refractivity contribution in [3.05, 3.63) is 53.5 Å². The lowest BCUT2D eigenvalue weighted by atomic mass is 10.1. The highest BCUT2D eigenvalue weighted by Crippen LogP contribution is 2.25. The Bertz CT molecular complexity index is 795. The van der Waals surface area contributed by atoms with Crippen molar-refractivity contribution in [3.63, 3.8) is 0 Å². The van der Waals surface area contributed by atoms with Crippen LogP contribution in [0.2, 0.25) is 0 Å². The van der Waals surface area contributed by atoms with Crippen LogP contribution < -0.4 is 10.6 Å². The number of aliphatic imine (C=N–C) groups is 1. The van der Waals surface area contributed by atoms with Gasteiger partial charge in [-0.2, -0.15) is 0 Å². The summed E-state index contributed by atoms with van der Waals surface area (Å²) < 4.78 is 5.21. The number of nitrogens with zero attached hydrogens (tertiary/aromatic N) is 1. The van der Waals surface area contributed by atoms with Crippen molar-refractivity contribution in [1.29, 1.82) is 0 Å². The third-order valence-corrected chi connectivity index (χ3v) is 4.97. The lowest BCUT2D eigenvalue weighted by molar-refractivity contribution is -0.122. The number of rotatable bonds is 5. The first kappa shape index (κ1) is 17.3. The summed E-state index contributed by atoms with van der Waals surface area (Å²) in [6.07, 6.45) is 1.68. The predicted molar refractivity (Wildman–Crippen MR) is 98.5 cm³/mol. The van der Waals surface area contributed by atoms with Gasteiger partial charge in [0.1, 0.15) is 11.0 Å². The second-order valence-corrected chi connectivity index (χ2v) is 7.01. The number of hydrogen-bond acceptors (Lipinski definition) is 5. The molecular weight excluding hydrogens is 338 g/mol. The molecule has 1 unspecified atom stereocenters. The zero-order valence-electron chi connectivity index (χ0n) is 14.0. The summed E-state index contributed by atoms with van der Waals surface area (Å²) in [5, 5.41) is 5.67. The van der Waals surface area contributed by atoms with Gasteiger partial charge in [-0.1, -0.05) is 30.0 Å². The molecule has 25 heavy (non-hydrogen) atoms. The quantitative estimate of drug-likeness (QED) is 0.861. The average molecular weight is 357 g/mol. The molecule has 1 fully saturated rings. The Hall–Kier alpha value is -2.54. The SMILES string of the molecule is Cc1cccc(C)c1NC(=O)CC1SC(=NCc2ccco2)NC1=O. The van der Waals surface area contributed by atoms with Crippen molar-refractivity contribution in [2.45, 2.75) is 32.1 Å². The molecule has 130 valence electrons. The van der Waals surface area contributed by atoms with Crippen molar-refractivity contribution >= 4 is 34.4 Å². The molecule has 0 aliphatic carbocycles. The van der Waals surface area contributed by atoms with Gasteiger partial charge in [-0.05, 0) is 37.1 Å². The van der Waals surface area contributed by atoms with Gasteiger partial charge in [0.05, 0.1) is 12.8 Å². The van der Waals surface area contributed by atoms with E-state index >= 15 is 0 Å². The van der Waals surface area contributed by atoms with Crippen LogP contribution in [0.4, 0.5) is 5.69 Å². The molecule has 0 bridgehead atoms. The molecule has 1 aliphatic rings. The van der Waals surface area contributed by atoms with Crippen LogP contribution in [0, 0.1) is 13.8 Å². The lowest BCUT2D eigenvalue weighted by Crippen LogP contribution is -2.28. The van der Waals surface area contributed by atoms with E-state index in [0.717, 1.165) is 22.6 Å². The maximum absolute atomic E-state index is 12.3. The van der Waals surface area contributed by atoms with E-state index in [9.17, 15) is 9.59 Å². The molecule has 2 aromatic rings. The van der Waals surface area contributed by atoms with Gasteiger partial charge in [0, 0.05) is 12.1 Å². The van der Waals surface area contributed by atoms with Crippen molar-refractivity contribution in [3.8, 4) is 0 Å². The molecule has 0 saturated carbocycles. The van der Waals surface area contributed by atoms with Gasteiger partial charge in [0.2, 0.25) is 11.8 Å². The van der Waals surface area contributed by atoms with E-state index < -0.39 is 5.25 Å². The summed E-state index contributed by atoms with van der Waals surface area (Å²) in [4.78, 5) is 28.7. The molecule has 1 aliphatic heterocycles. The Kier molecular flexibility index (Phi) is 5.23. The molecule has 7 heteroatoms. The summed E-state index contributed by atoms with van der Waals surface area (Å²) in [7, 11) is 0. The second kappa shape index (κ2) is 7.57. The minimum absolute atomic E-state index is 0.101. The zero-order valence-corrected chi connectivity index (χ0v) is 14.9. The van der Waals surface area contributed by atoms with Gasteiger partial charge in [-0.25, -0.2) is 0 Å². The molecule has 2 amide bonds. The molecule has 1 saturated heterocycles. The molecule has 2 heterocycles. The fraction of sp³-hybridized carbons (Fsp3) is 0.278. The fourth-order valence-corrected chi connectivity index (χ4v) is 3.51. The third kappa shape index (κ3) is 4.30. The smallest absolute Gasteiger partial charge is 0.240 e. The largest absolute Gasteiger partial charge is 0.467 e. The Balaban J connectivity index is 1.58. The van der Waals surface area contributed by atoms with Crippen LogP contribution in [-0.4, -0.2) is 22.2 Å². The van der Waals surface area contributed by atoms with E-state index in [1.165, 1.54) is 11.8 Å². The Morgan fingerprint density at radius 1 is 1.28 bits per heavy atom. The summed E-state index contributed by atoms with van der Waals surface area (Å²) in [5.74, 6) is 0.343. The molecule has 1 atom stereocenters. The first-order valence-electron chi connectivity index (χ1n) is 7.93. The zero-order chi connectivity index (χ0) is 17.8. The van der Waals surface area contributed by atoms with Crippen LogP contribution in [0.1, 0.15) is 23.3 Å². The molecule has 3 rings (SSSR count). The number of carbonyl (C=O) groups excluding carboxylic acids is 2. The predicted octanol–water partition coefficient (Wildman–Crippen LogP) is 3.01. The highest BCUT2D eigenvalue weighted by atomic mass is 32.2. The van der Waals surface area contributed by atoms with Crippen LogP contribution >= 0.6 is 11.8 Å². The first-order valence-corrected chi connectivity index (χ1v) is 8.81.